The van der Waals surface area contributed by atoms with Crippen LogP contribution in [0.3, 0.4) is 0 Å². The summed E-state index contributed by atoms with van der Waals surface area (Å²) < 4.78 is 33.2. The molecule has 2 aromatic carbocycles. The highest BCUT2D eigenvalue weighted by Crippen LogP contribution is 2.43. The SMILES string of the molecule is COc1ccc(-c2cc(=O)c3c(O)c(O)c(O[C@H]4O[C@@H](CO)[C@H](O)[C@@H](O)[C@@H]4O[C@@H]4O[C@@H](CO)[C@H](O)[C@H](O)[C@@H]4O)cc3o2)cc1. The predicted molar refractivity (Wildman–Crippen MR) is 145 cm³/mol. The normalized spacial score (nSPS) is 32.5. The lowest BCUT2D eigenvalue weighted by atomic mass is 9.97. The molecule has 0 spiro atoms. The molecule has 10 atom stereocenters. The molecule has 5 rings (SSSR count). The van der Waals surface area contributed by atoms with Crippen LogP contribution < -0.4 is 14.9 Å². The Hall–Kier alpha value is -3.55. The smallest absolute Gasteiger partial charge is 0.229 e. The first-order chi connectivity index (χ1) is 21.0. The summed E-state index contributed by atoms with van der Waals surface area (Å²) >= 11 is 0. The quantitative estimate of drug-likeness (QED) is 0.121. The Morgan fingerprint density at radius 3 is 2.00 bits per heavy atom. The second-order valence-corrected chi connectivity index (χ2v) is 10.3. The lowest BCUT2D eigenvalue weighted by Gasteiger charge is -2.45. The minimum absolute atomic E-state index is 0.0952. The summed E-state index contributed by atoms with van der Waals surface area (Å²) in [6, 6.07) is 8.68. The molecule has 44 heavy (non-hydrogen) atoms. The Labute approximate surface area is 248 Å². The average molecular weight is 625 g/mol. The van der Waals surface area contributed by atoms with E-state index in [1.807, 2.05) is 0 Å². The number of benzene rings is 2. The van der Waals surface area contributed by atoms with Crippen molar-refractivity contribution in [1.82, 2.24) is 0 Å². The van der Waals surface area contributed by atoms with Crippen LogP contribution >= 0.6 is 0 Å². The molecule has 0 bridgehead atoms. The van der Waals surface area contributed by atoms with Gasteiger partial charge < -0.3 is 74.1 Å². The van der Waals surface area contributed by atoms with Crippen LogP contribution in [0.4, 0.5) is 0 Å². The Balaban J connectivity index is 1.50. The molecule has 0 radical (unpaired) electrons. The average Bonchev–Trinajstić information content (AvgIpc) is 3.02. The topological polar surface area (TPSA) is 258 Å². The number of aliphatic hydroxyl groups excluding tert-OH is 7. The number of rotatable bonds is 8. The predicted octanol–water partition coefficient (Wildman–Crippen LogP) is -2.12. The van der Waals surface area contributed by atoms with Crippen LogP contribution in [0.2, 0.25) is 0 Å². The van der Waals surface area contributed by atoms with Crippen LogP contribution in [-0.4, -0.2) is 128 Å². The number of aliphatic hydroxyl groups is 7. The zero-order valence-corrected chi connectivity index (χ0v) is 23.0. The third-order valence-electron chi connectivity index (χ3n) is 7.51. The van der Waals surface area contributed by atoms with Gasteiger partial charge in [0.25, 0.3) is 0 Å². The monoisotopic (exact) mass is 624 g/mol. The fourth-order valence-electron chi connectivity index (χ4n) is 5.01. The van der Waals surface area contributed by atoms with E-state index in [1.165, 1.54) is 7.11 Å². The largest absolute Gasteiger partial charge is 0.504 e. The highest BCUT2D eigenvalue weighted by molar-refractivity contribution is 5.89. The van der Waals surface area contributed by atoms with E-state index in [0.29, 0.717) is 11.3 Å². The van der Waals surface area contributed by atoms with Gasteiger partial charge in [-0.1, -0.05) is 0 Å². The molecule has 3 heterocycles. The number of aromatic hydroxyl groups is 2. The zero-order valence-electron chi connectivity index (χ0n) is 23.0. The van der Waals surface area contributed by atoms with Gasteiger partial charge in [-0.3, -0.25) is 4.79 Å². The molecule has 1 aromatic heterocycles. The van der Waals surface area contributed by atoms with Crippen molar-refractivity contribution >= 4 is 11.0 Å². The first-order valence-corrected chi connectivity index (χ1v) is 13.4. The molecule has 2 aliphatic rings. The molecule has 9 N–H and O–H groups in total. The summed E-state index contributed by atoms with van der Waals surface area (Å²) in [6.45, 7) is -1.59. The number of phenols is 2. The van der Waals surface area contributed by atoms with Gasteiger partial charge in [-0.2, -0.15) is 0 Å². The number of fused-ring (bicyclic) bond motifs is 1. The number of hydrogen-bond donors (Lipinski definition) is 9. The molecule has 2 saturated heterocycles. The summed E-state index contributed by atoms with van der Waals surface area (Å²) in [6.07, 6.45) is -17.3. The van der Waals surface area contributed by atoms with E-state index in [4.69, 9.17) is 28.1 Å². The Morgan fingerprint density at radius 2 is 1.39 bits per heavy atom. The van der Waals surface area contributed by atoms with Crippen LogP contribution in [0, 0.1) is 0 Å². The minimum Gasteiger partial charge on any atom is -0.504 e. The molecule has 0 amide bonds. The lowest BCUT2D eigenvalue weighted by molar-refractivity contribution is -0.358. The number of hydrogen-bond acceptors (Lipinski definition) is 16. The lowest BCUT2D eigenvalue weighted by Crippen LogP contribution is -2.65. The fourth-order valence-corrected chi connectivity index (χ4v) is 5.01. The van der Waals surface area contributed by atoms with Crippen molar-refractivity contribution < 1.29 is 74.1 Å². The minimum atomic E-state index is -1.91. The van der Waals surface area contributed by atoms with Gasteiger partial charge in [0.05, 0.1) is 20.3 Å². The van der Waals surface area contributed by atoms with Gasteiger partial charge >= 0.3 is 0 Å². The summed E-state index contributed by atoms with van der Waals surface area (Å²) in [5.74, 6) is -1.74. The number of methoxy groups -OCH3 is 1. The molecular weight excluding hydrogens is 592 g/mol. The van der Waals surface area contributed by atoms with E-state index in [-0.39, 0.29) is 16.7 Å². The molecule has 16 heteroatoms. The maximum absolute atomic E-state index is 12.9. The van der Waals surface area contributed by atoms with Gasteiger partial charge in [0, 0.05) is 17.7 Å². The van der Waals surface area contributed by atoms with Crippen LogP contribution in [0.15, 0.2) is 45.6 Å². The van der Waals surface area contributed by atoms with Crippen molar-refractivity contribution in [3.8, 4) is 34.3 Å². The van der Waals surface area contributed by atoms with Gasteiger partial charge in [-0.25, -0.2) is 0 Å². The molecule has 0 saturated carbocycles. The second-order valence-electron chi connectivity index (χ2n) is 10.3. The Kier molecular flexibility index (Phi) is 9.28. The maximum atomic E-state index is 12.9. The van der Waals surface area contributed by atoms with E-state index in [2.05, 4.69) is 0 Å². The number of ether oxygens (including phenoxy) is 5. The van der Waals surface area contributed by atoms with Crippen molar-refractivity contribution in [2.24, 2.45) is 0 Å². The zero-order chi connectivity index (χ0) is 31.9. The molecule has 240 valence electrons. The van der Waals surface area contributed by atoms with Gasteiger partial charge in [0.15, 0.2) is 29.3 Å². The number of phenolic OH excluding ortho intramolecular Hbond substituents is 2. The van der Waals surface area contributed by atoms with Crippen LogP contribution in [0.5, 0.6) is 23.0 Å². The van der Waals surface area contributed by atoms with Crippen molar-refractivity contribution in [3.05, 3.63) is 46.6 Å². The highest BCUT2D eigenvalue weighted by Gasteiger charge is 2.51. The maximum Gasteiger partial charge on any atom is 0.229 e. The van der Waals surface area contributed by atoms with E-state index in [9.17, 15) is 50.8 Å². The van der Waals surface area contributed by atoms with Crippen LogP contribution in [0.25, 0.3) is 22.3 Å². The third kappa shape index (κ3) is 5.80. The van der Waals surface area contributed by atoms with Crippen molar-refractivity contribution in [1.29, 1.82) is 0 Å². The standard InChI is InChI=1S/C28H32O16/c1-39-11-4-2-10(3-5-11)13-6-12(31)18-14(40-13)7-15(19(32)22(18)35)41-28-26(24(37)21(34)17(9-30)43-28)44-27-25(38)23(36)20(33)16(8-29)42-27/h2-7,16-17,20-21,23-30,32-38H,8-9H2,1H3/t16-,17-,20-,21-,23-,24+,25-,26-,27-,28-/m0/s1. The summed E-state index contributed by atoms with van der Waals surface area (Å²) in [5, 5.41) is 92.2. The second kappa shape index (κ2) is 12.8. The highest BCUT2D eigenvalue weighted by atomic mass is 16.8. The van der Waals surface area contributed by atoms with Crippen LogP contribution in [-0.2, 0) is 14.2 Å². The van der Waals surface area contributed by atoms with E-state index in [1.54, 1.807) is 24.3 Å². The van der Waals surface area contributed by atoms with Gasteiger partial charge in [-0.05, 0) is 24.3 Å². The summed E-state index contributed by atoms with van der Waals surface area (Å²) in [4.78, 5) is 12.9. The molecule has 2 aliphatic heterocycles. The summed E-state index contributed by atoms with van der Waals surface area (Å²) in [7, 11) is 1.49. The summed E-state index contributed by atoms with van der Waals surface area (Å²) in [5.41, 5.74) is -0.450. The molecular formula is C28H32O16. The molecule has 0 aliphatic carbocycles. The van der Waals surface area contributed by atoms with E-state index >= 15 is 0 Å². The molecule has 0 unspecified atom stereocenters. The van der Waals surface area contributed by atoms with Crippen molar-refractivity contribution in [3.63, 3.8) is 0 Å². The van der Waals surface area contributed by atoms with Gasteiger partial charge in [0.2, 0.25) is 12.0 Å². The molecule has 2 fully saturated rings. The van der Waals surface area contributed by atoms with Crippen molar-refractivity contribution in [2.75, 3.05) is 20.3 Å². The fraction of sp³-hybridized carbons (Fsp3) is 0.464. The van der Waals surface area contributed by atoms with Gasteiger partial charge in [0.1, 0.15) is 65.2 Å². The Bertz CT molecular complexity index is 1510. The van der Waals surface area contributed by atoms with E-state index < -0.39 is 97.3 Å². The first kappa shape index (κ1) is 31.9. The third-order valence-corrected chi connectivity index (χ3v) is 7.51. The molecule has 3 aromatic rings. The van der Waals surface area contributed by atoms with Crippen molar-refractivity contribution in [2.45, 2.75) is 61.4 Å². The van der Waals surface area contributed by atoms with Gasteiger partial charge in [-0.15, -0.1) is 0 Å². The first-order valence-electron chi connectivity index (χ1n) is 13.4. The Morgan fingerprint density at radius 1 is 0.773 bits per heavy atom. The van der Waals surface area contributed by atoms with Crippen LogP contribution in [0.1, 0.15) is 0 Å². The molecule has 16 nitrogen and oxygen atoms in total. The van der Waals surface area contributed by atoms with E-state index in [0.717, 1.165) is 12.1 Å².